The average Bonchev–Trinajstić information content (AvgIpc) is 2.71. The minimum Gasteiger partial charge on any atom is -0.370 e. The number of nitrogens with two attached hydrogens (primary N) is 1. The Morgan fingerprint density at radius 2 is 1.93 bits per heavy atom. The molecule has 2 aromatic rings. The highest BCUT2D eigenvalue weighted by molar-refractivity contribution is 7.89. The minimum atomic E-state index is -3.87. The number of hydrogen-bond donors (Lipinski definition) is 3. The van der Waals surface area contributed by atoms with Gasteiger partial charge in [0.25, 0.3) is 5.69 Å². The number of sulfonamides is 1. The van der Waals surface area contributed by atoms with Gasteiger partial charge in [-0.3, -0.25) is 15.1 Å². The fraction of sp³-hybridized carbons (Fsp3) is 0.316. The Labute approximate surface area is 170 Å². The number of nitro benzene ring substituents is 1. The topological polar surface area (TPSA) is 140 Å². The molecule has 0 saturated heterocycles. The lowest BCUT2D eigenvalue weighted by Gasteiger charge is -2.11. The number of aliphatic imine (C=N–C) groups is 1. The molecular formula is C19H25N5O4S. The van der Waals surface area contributed by atoms with Crippen LogP contribution in [-0.4, -0.2) is 32.4 Å². The van der Waals surface area contributed by atoms with Crippen LogP contribution in [-0.2, 0) is 10.0 Å². The summed E-state index contributed by atoms with van der Waals surface area (Å²) in [4.78, 5) is 14.0. The maximum Gasteiger partial charge on any atom is 0.270 e. The lowest BCUT2D eigenvalue weighted by molar-refractivity contribution is -0.385. The number of benzene rings is 2. The van der Waals surface area contributed by atoms with E-state index in [-0.39, 0.29) is 29.6 Å². The Morgan fingerprint density at radius 1 is 1.24 bits per heavy atom. The highest BCUT2D eigenvalue weighted by Crippen LogP contribution is 2.20. The van der Waals surface area contributed by atoms with Crippen molar-refractivity contribution in [1.29, 1.82) is 0 Å². The van der Waals surface area contributed by atoms with E-state index in [1.165, 1.54) is 23.8 Å². The summed E-state index contributed by atoms with van der Waals surface area (Å²) >= 11 is 0. The van der Waals surface area contributed by atoms with E-state index in [0.717, 1.165) is 18.2 Å². The predicted molar refractivity (Wildman–Crippen MR) is 114 cm³/mol. The SMILES string of the molecule is CCC(C)c1ccc(NC(N)=NCCNS(=O)(=O)c2cccc([N+](=O)[O-])c2)cc1. The van der Waals surface area contributed by atoms with E-state index in [1.807, 2.05) is 24.3 Å². The molecular weight excluding hydrogens is 394 g/mol. The predicted octanol–water partition coefficient (Wildman–Crippen LogP) is 2.81. The summed E-state index contributed by atoms with van der Waals surface area (Å²) in [5.74, 6) is 0.643. The average molecular weight is 420 g/mol. The van der Waals surface area contributed by atoms with Gasteiger partial charge in [-0.05, 0) is 36.1 Å². The van der Waals surface area contributed by atoms with Crippen molar-refractivity contribution in [2.24, 2.45) is 10.7 Å². The summed E-state index contributed by atoms with van der Waals surface area (Å²) in [6, 6.07) is 12.7. The molecule has 0 fully saturated rings. The van der Waals surface area contributed by atoms with Gasteiger partial charge in [0.2, 0.25) is 10.0 Å². The number of nitro groups is 1. The first kappa shape index (κ1) is 22.3. The standard InChI is InChI=1S/C19H25N5O4S/c1-3-14(2)15-7-9-16(10-8-15)23-19(20)21-11-12-22-29(27,28)18-6-4-5-17(13-18)24(25)26/h4-10,13-14,22H,3,11-12H2,1-2H3,(H3,20,21,23). The lowest BCUT2D eigenvalue weighted by Crippen LogP contribution is -2.28. The quantitative estimate of drug-likeness (QED) is 0.188. The zero-order chi connectivity index (χ0) is 21.4. The van der Waals surface area contributed by atoms with Gasteiger partial charge in [0.15, 0.2) is 5.96 Å². The summed E-state index contributed by atoms with van der Waals surface area (Å²) in [5, 5.41) is 13.7. The molecule has 2 rings (SSSR count). The van der Waals surface area contributed by atoms with E-state index in [4.69, 9.17) is 5.73 Å². The number of nitrogens with zero attached hydrogens (tertiary/aromatic N) is 2. The molecule has 0 aliphatic carbocycles. The number of hydrogen-bond acceptors (Lipinski definition) is 5. The van der Waals surface area contributed by atoms with Crippen LogP contribution in [0.2, 0.25) is 0 Å². The molecule has 0 aliphatic rings. The molecule has 1 unspecified atom stereocenters. The van der Waals surface area contributed by atoms with Gasteiger partial charge in [-0.1, -0.05) is 32.0 Å². The van der Waals surface area contributed by atoms with Gasteiger partial charge in [-0.15, -0.1) is 0 Å². The molecule has 2 aromatic carbocycles. The molecule has 0 saturated carbocycles. The Kier molecular flexibility index (Phi) is 7.68. The van der Waals surface area contributed by atoms with Gasteiger partial charge in [-0.2, -0.15) is 0 Å². The first-order valence-corrected chi connectivity index (χ1v) is 10.6. The van der Waals surface area contributed by atoms with Crippen LogP contribution in [0, 0.1) is 10.1 Å². The normalized spacial score (nSPS) is 13.1. The van der Waals surface area contributed by atoms with Crippen LogP contribution in [0.25, 0.3) is 0 Å². The molecule has 156 valence electrons. The van der Waals surface area contributed by atoms with Crippen molar-refractivity contribution in [1.82, 2.24) is 4.72 Å². The molecule has 10 heteroatoms. The van der Waals surface area contributed by atoms with Crippen LogP contribution in [0.4, 0.5) is 11.4 Å². The smallest absolute Gasteiger partial charge is 0.270 e. The van der Waals surface area contributed by atoms with Crippen LogP contribution < -0.4 is 15.8 Å². The Bertz CT molecular complexity index is 974. The van der Waals surface area contributed by atoms with Crippen LogP contribution in [0.15, 0.2) is 58.4 Å². The third-order valence-corrected chi connectivity index (χ3v) is 5.85. The molecule has 1 atom stereocenters. The lowest BCUT2D eigenvalue weighted by atomic mass is 9.99. The zero-order valence-electron chi connectivity index (χ0n) is 16.3. The summed E-state index contributed by atoms with van der Waals surface area (Å²) < 4.78 is 26.8. The molecule has 0 amide bonds. The first-order chi connectivity index (χ1) is 13.7. The Morgan fingerprint density at radius 3 is 2.55 bits per heavy atom. The van der Waals surface area contributed by atoms with Gasteiger partial charge < -0.3 is 11.1 Å². The van der Waals surface area contributed by atoms with Crippen LogP contribution in [0.3, 0.4) is 0 Å². The third kappa shape index (κ3) is 6.54. The van der Waals surface area contributed by atoms with Gasteiger partial charge in [-0.25, -0.2) is 13.1 Å². The van der Waals surface area contributed by atoms with Crippen molar-refractivity contribution in [3.63, 3.8) is 0 Å². The number of anilines is 1. The fourth-order valence-electron chi connectivity index (χ4n) is 2.52. The van der Waals surface area contributed by atoms with E-state index >= 15 is 0 Å². The van der Waals surface area contributed by atoms with Crippen molar-refractivity contribution in [2.45, 2.75) is 31.1 Å². The maximum absolute atomic E-state index is 12.2. The monoisotopic (exact) mass is 419 g/mol. The first-order valence-electron chi connectivity index (χ1n) is 9.14. The van der Waals surface area contributed by atoms with Crippen molar-refractivity contribution < 1.29 is 13.3 Å². The molecule has 0 aliphatic heterocycles. The second-order valence-corrected chi connectivity index (χ2v) is 8.24. The van der Waals surface area contributed by atoms with Crippen molar-refractivity contribution in [3.8, 4) is 0 Å². The summed E-state index contributed by atoms with van der Waals surface area (Å²) in [6.45, 7) is 4.40. The molecule has 0 heterocycles. The number of rotatable bonds is 9. The Hall–Kier alpha value is -2.98. The maximum atomic E-state index is 12.2. The summed E-state index contributed by atoms with van der Waals surface area (Å²) in [5.41, 5.74) is 7.57. The van der Waals surface area contributed by atoms with Crippen molar-refractivity contribution >= 4 is 27.4 Å². The second kappa shape index (κ2) is 9.99. The van der Waals surface area contributed by atoms with E-state index < -0.39 is 14.9 Å². The summed E-state index contributed by atoms with van der Waals surface area (Å²) in [7, 11) is -3.87. The molecule has 0 bridgehead atoms. The van der Waals surface area contributed by atoms with Crippen LogP contribution >= 0.6 is 0 Å². The third-order valence-electron chi connectivity index (χ3n) is 4.39. The van der Waals surface area contributed by atoms with Crippen LogP contribution in [0.5, 0.6) is 0 Å². The fourth-order valence-corrected chi connectivity index (χ4v) is 3.58. The van der Waals surface area contributed by atoms with Gasteiger partial charge >= 0.3 is 0 Å². The largest absolute Gasteiger partial charge is 0.370 e. The number of non-ortho nitro benzene ring substituents is 1. The number of nitrogens with one attached hydrogen (secondary N) is 2. The van der Waals surface area contributed by atoms with Crippen molar-refractivity contribution in [3.05, 3.63) is 64.2 Å². The highest BCUT2D eigenvalue weighted by Gasteiger charge is 2.16. The van der Waals surface area contributed by atoms with Crippen molar-refractivity contribution in [2.75, 3.05) is 18.4 Å². The molecule has 0 aromatic heterocycles. The zero-order valence-corrected chi connectivity index (χ0v) is 17.1. The van der Waals surface area contributed by atoms with E-state index in [2.05, 4.69) is 28.9 Å². The second-order valence-electron chi connectivity index (χ2n) is 6.48. The number of guanidine groups is 1. The molecule has 0 spiro atoms. The van der Waals surface area contributed by atoms with Gasteiger partial charge in [0.1, 0.15) is 0 Å². The van der Waals surface area contributed by atoms with E-state index in [1.54, 1.807) is 0 Å². The molecule has 29 heavy (non-hydrogen) atoms. The van der Waals surface area contributed by atoms with Crippen LogP contribution in [0.1, 0.15) is 31.7 Å². The molecule has 4 N–H and O–H groups in total. The Balaban J connectivity index is 1.89. The molecule has 0 radical (unpaired) electrons. The highest BCUT2D eigenvalue weighted by atomic mass is 32.2. The van der Waals surface area contributed by atoms with E-state index in [0.29, 0.717) is 5.92 Å². The molecule has 9 nitrogen and oxygen atoms in total. The summed E-state index contributed by atoms with van der Waals surface area (Å²) in [6.07, 6.45) is 1.06. The van der Waals surface area contributed by atoms with Gasteiger partial charge in [0.05, 0.1) is 16.4 Å². The van der Waals surface area contributed by atoms with E-state index in [9.17, 15) is 18.5 Å². The minimum absolute atomic E-state index is 0.000355. The van der Waals surface area contributed by atoms with Gasteiger partial charge in [0, 0.05) is 24.4 Å².